The summed E-state index contributed by atoms with van der Waals surface area (Å²) in [7, 11) is 1.38. The van der Waals surface area contributed by atoms with Gasteiger partial charge in [-0.25, -0.2) is 4.98 Å². The smallest absolute Gasteiger partial charge is 0.308 e. The highest BCUT2D eigenvalue weighted by molar-refractivity contribution is 7.99. The number of nitrogens with zero attached hydrogens (tertiary/aromatic N) is 2. The van der Waals surface area contributed by atoms with Gasteiger partial charge >= 0.3 is 5.97 Å². The number of amides is 1. The molecule has 1 fully saturated rings. The van der Waals surface area contributed by atoms with Crippen LogP contribution >= 0.6 is 11.8 Å². The van der Waals surface area contributed by atoms with Gasteiger partial charge in [0, 0.05) is 29.6 Å². The summed E-state index contributed by atoms with van der Waals surface area (Å²) in [5.74, 6) is -0.503. The molecule has 0 radical (unpaired) electrons. The number of H-pyrrole nitrogens is 1. The highest BCUT2D eigenvalue weighted by Crippen LogP contribution is 2.32. The van der Waals surface area contributed by atoms with Gasteiger partial charge in [0.25, 0.3) is 5.56 Å². The summed E-state index contributed by atoms with van der Waals surface area (Å²) in [4.78, 5) is 46.0. The van der Waals surface area contributed by atoms with Crippen molar-refractivity contribution in [2.24, 2.45) is 5.92 Å². The number of carbonyl (C=O) groups excluding carboxylic acids is 2. The number of aromatic nitrogens is 2. The molecule has 30 heavy (non-hydrogen) atoms. The van der Waals surface area contributed by atoms with Crippen LogP contribution in [0.25, 0.3) is 0 Å². The summed E-state index contributed by atoms with van der Waals surface area (Å²) in [6, 6.07) is 10.0. The van der Waals surface area contributed by atoms with E-state index in [2.05, 4.69) is 16.9 Å². The largest absolute Gasteiger partial charge is 0.469 e. The molecule has 0 aliphatic carbocycles. The number of ether oxygens (including phenoxy) is 1. The van der Waals surface area contributed by atoms with Gasteiger partial charge in [-0.05, 0) is 32.3 Å². The Kier molecular flexibility index (Phi) is 7.31. The molecule has 1 aromatic carbocycles. The standard InChI is InChI=1S/C22H27N3O4S/c1-14-18(13-19(26)25-11-9-17(10-12-25)21(28)29-3)20(27)24-22(23-14)30-15(2)16-7-5-4-6-8-16/h4-8,15,17H,9-13H2,1-3H3,(H,23,24,27)/t15-/m1/s1. The Morgan fingerprint density at radius 1 is 1.27 bits per heavy atom. The molecule has 3 rings (SSSR count). The van der Waals surface area contributed by atoms with Crippen molar-refractivity contribution in [2.45, 2.75) is 43.5 Å². The maximum atomic E-state index is 12.7. The van der Waals surface area contributed by atoms with Gasteiger partial charge in [0.05, 0.1) is 19.4 Å². The highest BCUT2D eigenvalue weighted by Gasteiger charge is 2.28. The Morgan fingerprint density at radius 3 is 2.53 bits per heavy atom. The molecule has 1 aliphatic rings. The molecule has 1 N–H and O–H groups in total. The second kappa shape index (κ2) is 9.93. The molecule has 1 aromatic heterocycles. The molecule has 2 aromatic rings. The van der Waals surface area contributed by atoms with Crippen LogP contribution in [0.3, 0.4) is 0 Å². The van der Waals surface area contributed by atoms with Crippen LogP contribution in [0.4, 0.5) is 0 Å². The van der Waals surface area contributed by atoms with Crippen molar-refractivity contribution in [3.8, 4) is 0 Å². The van der Waals surface area contributed by atoms with Crippen LogP contribution in [-0.4, -0.2) is 46.9 Å². The van der Waals surface area contributed by atoms with E-state index in [1.54, 1.807) is 11.8 Å². The lowest BCUT2D eigenvalue weighted by atomic mass is 9.96. The Balaban J connectivity index is 1.64. The van der Waals surface area contributed by atoms with Crippen LogP contribution < -0.4 is 5.56 Å². The van der Waals surface area contributed by atoms with Gasteiger partial charge in [0.15, 0.2) is 5.16 Å². The number of aromatic amines is 1. The zero-order valence-corrected chi connectivity index (χ0v) is 18.3. The van der Waals surface area contributed by atoms with Gasteiger partial charge in [-0.2, -0.15) is 0 Å². The summed E-state index contributed by atoms with van der Waals surface area (Å²) in [5.41, 5.74) is 1.84. The minimum Gasteiger partial charge on any atom is -0.469 e. The van der Waals surface area contributed by atoms with Gasteiger partial charge in [-0.15, -0.1) is 0 Å². The molecule has 0 spiro atoms. The molecule has 1 atom stereocenters. The number of aryl methyl sites for hydroxylation is 1. The second-order valence-electron chi connectivity index (χ2n) is 7.46. The number of methoxy groups -OCH3 is 1. The molecule has 0 saturated carbocycles. The number of piperidine rings is 1. The molecular formula is C22H27N3O4S. The fourth-order valence-corrected chi connectivity index (χ4v) is 4.57. The van der Waals surface area contributed by atoms with Crippen LogP contribution in [-0.2, 0) is 20.7 Å². The third kappa shape index (κ3) is 5.30. The molecule has 0 unspecified atom stereocenters. The van der Waals surface area contributed by atoms with Crippen molar-refractivity contribution in [3.05, 3.63) is 57.5 Å². The van der Waals surface area contributed by atoms with E-state index >= 15 is 0 Å². The molecular weight excluding hydrogens is 402 g/mol. The number of thioether (sulfide) groups is 1. The topological polar surface area (TPSA) is 92.4 Å². The van der Waals surface area contributed by atoms with Crippen LogP contribution in [0.2, 0.25) is 0 Å². The highest BCUT2D eigenvalue weighted by atomic mass is 32.2. The maximum Gasteiger partial charge on any atom is 0.308 e. The van der Waals surface area contributed by atoms with E-state index in [0.717, 1.165) is 5.56 Å². The quantitative estimate of drug-likeness (QED) is 0.431. The first kappa shape index (κ1) is 22.1. The molecule has 1 saturated heterocycles. The molecule has 7 nitrogen and oxygen atoms in total. The van der Waals surface area contributed by atoms with Crippen LogP contribution in [0.5, 0.6) is 0 Å². The molecule has 0 bridgehead atoms. The SMILES string of the molecule is COC(=O)C1CCN(C(=O)Cc2c(C)nc(S[C@H](C)c3ccccc3)[nH]c2=O)CC1. The Labute approximate surface area is 180 Å². The zero-order valence-electron chi connectivity index (χ0n) is 17.5. The van der Waals surface area contributed by atoms with E-state index in [9.17, 15) is 14.4 Å². The van der Waals surface area contributed by atoms with Gasteiger partial charge < -0.3 is 14.6 Å². The third-order valence-electron chi connectivity index (χ3n) is 5.47. The predicted molar refractivity (Wildman–Crippen MR) is 115 cm³/mol. The van der Waals surface area contributed by atoms with Crippen LogP contribution in [0, 0.1) is 12.8 Å². The van der Waals surface area contributed by atoms with Gasteiger partial charge in [0.1, 0.15) is 0 Å². The van der Waals surface area contributed by atoms with Crippen molar-refractivity contribution in [1.82, 2.24) is 14.9 Å². The van der Waals surface area contributed by atoms with E-state index in [-0.39, 0.29) is 35.0 Å². The molecule has 160 valence electrons. The van der Waals surface area contributed by atoms with E-state index < -0.39 is 0 Å². The minimum atomic E-state index is -0.275. The van der Waals surface area contributed by atoms with E-state index in [1.165, 1.54) is 18.9 Å². The van der Waals surface area contributed by atoms with E-state index in [1.807, 2.05) is 30.3 Å². The Morgan fingerprint density at radius 2 is 1.93 bits per heavy atom. The molecule has 8 heteroatoms. The average Bonchev–Trinajstić information content (AvgIpc) is 2.76. The zero-order chi connectivity index (χ0) is 21.7. The van der Waals surface area contributed by atoms with Gasteiger partial charge in [-0.3, -0.25) is 14.4 Å². The third-order valence-corrected chi connectivity index (χ3v) is 6.51. The van der Waals surface area contributed by atoms with Gasteiger partial charge in [0.2, 0.25) is 5.91 Å². The number of hydrogen-bond donors (Lipinski definition) is 1. The monoisotopic (exact) mass is 429 g/mol. The van der Waals surface area contributed by atoms with Gasteiger partial charge in [-0.1, -0.05) is 42.1 Å². The Bertz CT molecular complexity index is 953. The lowest BCUT2D eigenvalue weighted by molar-refractivity contribution is -0.148. The minimum absolute atomic E-state index is 0.0102. The Hall–Kier alpha value is -2.61. The normalized spacial score (nSPS) is 15.6. The van der Waals surface area contributed by atoms with E-state index in [0.29, 0.717) is 42.3 Å². The fraction of sp³-hybridized carbons (Fsp3) is 0.455. The average molecular weight is 430 g/mol. The molecule has 1 amide bonds. The summed E-state index contributed by atoms with van der Waals surface area (Å²) >= 11 is 1.48. The van der Waals surface area contributed by atoms with Crippen LogP contribution in [0.15, 0.2) is 40.3 Å². The van der Waals surface area contributed by atoms with Crippen LogP contribution in [0.1, 0.15) is 41.8 Å². The van der Waals surface area contributed by atoms with E-state index in [4.69, 9.17) is 4.74 Å². The number of esters is 1. The number of rotatable bonds is 6. The fourth-order valence-electron chi connectivity index (χ4n) is 3.60. The first-order chi connectivity index (χ1) is 14.4. The lowest BCUT2D eigenvalue weighted by Gasteiger charge is -2.30. The van der Waals surface area contributed by atoms with Crippen molar-refractivity contribution in [2.75, 3.05) is 20.2 Å². The first-order valence-electron chi connectivity index (χ1n) is 10.1. The van der Waals surface area contributed by atoms with Crippen molar-refractivity contribution in [3.63, 3.8) is 0 Å². The predicted octanol–water partition coefficient (Wildman–Crippen LogP) is 2.89. The second-order valence-corrected chi connectivity index (χ2v) is 8.79. The number of nitrogens with one attached hydrogen (secondary N) is 1. The van der Waals surface area contributed by atoms with Crippen molar-refractivity contribution < 1.29 is 14.3 Å². The molecule has 2 heterocycles. The summed E-state index contributed by atoms with van der Waals surface area (Å²) in [5, 5.41) is 0.682. The molecule has 1 aliphatic heterocycles. The summed E-state index contributed by atoms with van der Waals surface area (Å²) < 4.78 is 4.78. The lowest BCUT2D eigenvalue weighted by Crippen LogP contribution is -2.42. The number of benzene rings is 1. The number of carbonyl (C=O) groups is 2. The number of likely N-dealkylation sites (tertiary alicyclic amines) is 1. The number of hydrogen-bond acceptors (Lipinski definition) is 6. The van der Waals surface area contributed by atoms with Crippen molar-refractivity contribution >= 4 is 23.6 Å². The summed E-state index contributed by atoms with van der Waals surface area (Å²) in [6.45, 7) is 4.81. The van der Waals surface area contributed by atoms with Crippen molar-refractivity contribution in [1.29, 1.82) is 0 Å². The first-order valence-corrected chi connectivity index (χ1v) is 10.9. The maximum absolute atomic E-state index is 12.7. The summed E-state index contributed by atoms with van der Waals surface area (Å²) in [6.07, 6.45) is 1.17.